The standard InChI is InChI=1S/C22H16N2O3/c1-15(25)16-7-9-17(10-8-16)21-12-11-20(27-21)13-18(14-23)22(26)24-19-5-3-2-4-6-19/h2-13H,1H3,(H,24,26)/b18-13-. The quantitative estimate of drug-likeness (QED) is 0.408. The van der Waals surface area contributed by atoms with E-state index in [0.29, 0.717) is 22.8 Å². The van der Waals surface area contributed by atoms with Crippen LogP contribution in [0.2, 0.25) is 0 Å². The van der Waals surface area contributed by atoms with Crippen LogP contribution in [0.4, 0.5) is 5.69 Å². The molecule has 3 aromatic rings. The number of para-hydroxylation sites is 1. The van der Waals surface area contributed by atoms with Crippen molar-refractivity contribution >= 4 is 23.5 Å². The molecule has 0 radical (unpaired) electrons. The average molecular weight is 356 g/mol. The van der Waals surface area contributed by atoms with Crippen LogP contribution in [0.1, 0.15) is 23.0 Å². The van der Waals surface area contributed by atoms with Gasteiger partial charge in [-0.25, -0.2) is 0 Å². The number of Topliss-reactive ketones (excluding diaryl/α,β-unsaturated/α-hetero) is 1. The molecular formula is C22H16N2O3. The largest absolute Gasteiger partial charge is 0.457 e. The van der Waals surface area contributed by atoms with Crippen LogP contribution in [0.5, 0.6) is 0 Å². The lowest BCUT2D eigenvalue weighted by Crippen LogP contribution is -2.13. The molecule has 0 fully saturated rings. The molecule has 0 spiro atoms. The van der Waals surface area contributed by atoms with Crippen LogP contribution in [0.25, 0.3) is 17.4 Å². The molecule has 0 atom stereocenters. The van der Waals surface area contributed by atoms with Crippen molar-refractivity contribution < 1.29 is 14.0 Å². The van der Waals surface area contributed by atoms with Gasteiger partial charge in [0.25, 0.3) is 5.91 Å². The number of ketones is 1. The van der Waals surface area contributed by atoms with Gasteiger partial charge in [0, 0.05) is 22.9 Å². The van der Waals surface area contributed by atoms with Gasteiger partial charge in [-0.05, 0) is 31.2 Å². The lowest BCUT2D eigenvalue weighted by atomic mass is 10.1. The molecule has 1 aromatic heterocycles. The van der Waals surface area contributed by atoms with Gasteiger partial charge >= 0.3 is 0 Å². The number of benzene rings is 2. The number of rotatable bonds is 5. The van der Waals surface area contributed by atoms with Gasteiger partial charge in [0.15, 0.2) is 5.78 Å². The van der Waals surface area contributed by atoms with E-state index >= 15 is 0 Å². The Hall–Kier alpha value is -3.91. The normalized spacial score (nSPS) is 10.9. The number of carbonyl (C=O) groups excluding carboxylic acids is 2. The number of hydrogen-bond donors (Lipinski definition) is 1. The molecule has 0 bridgehead atoms. The zero-order valence-corrected chi connectivity index (χ0v) is 14.6. The molecule has 0 aliphatic carbocycles. The van der Waals surface area contributed by atoms with E-state index in [1.165, 1.54) is 13.0 Å². The second-order valence-corrected chi connectivity index (χ2v) is 5.83. The van der Waals surface area contributed by atoms with E-state index < -0.39 is 5.91 Å². The highest BCUT2D eigenvalue weighted by Crippen LogP contribution is 2.24. The van der Waals surface area contributed by atoms with Crippen LogP contribution in [0, 0.1) is 11.3 Å². The summed E-state index contributed by atoms with van der Waals surface area (Å²) >= 11 is 0. The second kappa shape index (κ2) is 7.98. The Morgan fingerprint density at radius 1 is 1.00 bits per heavy atom. The maximum absolute atomic E-state index is 12.3. The maximum atomic E-state index is 12.3. The summed E-state index contributed by atoms with van der Waals surface area (Å²) in [5.74, 6) is 0.456. The van der Waals surface area contributed by atoms with E-state index in [9.17, 15) is 14.9 Å². The minimum absolute atomic E-state index is 0.00675. The van der Waals surface area contributed by atoms with Gasteiger partial charge in [0.2, 0.25) is 0 Å². The fourth-order valence-corrected chi connectivity index (χ4v) is 2.47. The summed E-state index contributed by atoms with van der Waals surface area (Å²) in [6, 6.07) is 21.3. The molecule has 0 saturated carbocycles. The van der Waals surface area contributed by atoms with Gasteiger partial charge in [0.05, 0.1) is 0 Å². The topological polar surface area (TPSA) is 83.1 Å². The summed E-state index contributed by atoms with van der Waals surface area (Å²) in [5, 5.41) is 12.0. The first-order valence-corrected chi connectivity index (χ1v) is 8.26. The highest BCUT2D eigenvalue weighted by atomic mass is 16.3. The third-order valence-electron chi connectivity index (χ3n) is 3.89. The summed E-state index contributed by atoms with van der Waals surface area (Å²) in [6.45, 7) is 1.51. The van der Waals surface area contributed by atoms with Crippen LogP contribution in [0.15, 0.2) is 76.7 Å². The van der Waals surface area contributed by atoms with Crippen molar-refractivity contribution in [1.82, 2.24) is 0 Å². The molecule has 27 heavy (non-hydrogen) atoms. The van der Waals surface area contributed by atoms with E-state index in [2.05, 4.69) is 5.32 Å². The number of amides is 1. The Morgan fingerprint density at radius 2 is 1.70 bits per heavy atom. The summed E-state index contributed by atoms with van der Waals surface area (Å²) in [7, 11) is 0. The van der Waals surface area contributed by atoms with E-state index in [-0.39, 0.29) is 11.4 Å². The Kier molecular flexibility index (Phi) is 5.29. The Balaban J connectivity index is 1.79. The van der Waals surface area contributed by atoms with Crippen LogP contribution in [-0.2, 0) is 4.79 Å². The number of nitrogens with zero attached hydrogens (tertiary/aromatic N) is 1. The van der Waals surface area contributed by atoms with Crippen molar-refractivity contribution in [2.24, 2.45) is 0 Å². The molecule has 5 nitrogen and oxygen atoms in total. The van der Waals surface area contributed by atoms with Gasteiger partial charge in [-0.15, -0.1) is 0 Å². The lowest BCUT2D eigenvalue weighted by molar-refractivity contribution is -0.112. The van der Waals surface area contributed by atoms with Crippen molar-refractivity contribution in [3.8, 4) is 17.4 Å². The molecule has 1 N–H and O–H groups in total. The molecule has 0 saturated heterocycles. The van der Waals surface area contributed by atoms with Gasteiger partial charge < -0.3 is 9.73 Å². The van der Waals surface area contributed by atoms with Crippen molar-refractivity contribution in [3.05, 3.63) is 83.6 Å². The van der Waals surface area contributed by atoms with Crippen molar-refractivity contribution in [3.63, 3.8) is 0 Å². The molecule has 5 heteroatoms. The average Bonchev–Trinajstić information content (AvgIpc) is 3.15. The smallest absolute Gasteiger partial charge is 0.266 e. The second-order valence-electron chi connectivity index (χ2n) is 5.83. The van der Waals surface area contributed by atoms with Gasteiger partial charge in [-0.1, -0.05) is 42.5 Å². The molecule has 132 valence electrons. The number of furan rings is 1. The van der Waals surface area contributed by atoms with Crippen LogP contribution in [-0.4, -0.2) is 11.7 Å². The monoisotopic (exact) mass is 356 g/mol. The summed E-state index contributed by atoms with van der Waals surface area (Å²) in [6.07, 6.45) is 1.39. The molecule has 2 aromatic carbocycles. The molecule has 3 rings (SSSR count). The predicted octanol–water partition coefficient (Wildman–Crippen LogP) is 4.69. The number of nitrogens with one attached hydrogen (secondary N) is 1. The minimum atomic E-state index is -0.507. The highest BCUT2D eigenvalue weighted by molar-refractivity contribution is 6.09. The third-order valence-corrected chi connectivity index (χ3v) is 3.89. The first-order valence-electron chi connectivity index (χ1n) is 8.26. The van der Waals surface area contributed by atoms with Crippen molar-refractivity contribution in [2.75, 3.05) is 5.32 Å². The molecule has 0 unspecified atom stereocenters. The zero-order chi connectivity index (χ0) is 19.2. The maximum Gasteiger partial charge on any atom is 0.266 e. The Labute approximate surface area is 156 Å². The van der Waals surface area contributed by atoms with Crippen LogP contribution in [0.3, 0.4) is 0 Å². The van der Waals surface area contributed by atoms with Crippen LogP contribution >= 0.6 is 0 Å². The summed E-state index contributed by atoms with van der Waals surface area (Å²) < 4.78 is 5.71. The molecular weight excluding hydrogens is 340 g/mol. The van der Waals surface area contributed by atoms with E-state index in [0.717, 1.165) is 5.56 Å². The number of carbonyl (C=O) groups is 2. The SMILES string of the molecule is CC(=O)c1ccc(-c2ccc(/C=C(/C#N)C(=O)Nc3ccccc3)o2)cc1. The molecule has 0 aliphatic heterocycles. The minimum Gasteiger partial charge on any atom is -0.457 e. The number of nitriles is 1. The zero-order valence-electron chi connectivity index (χ0n) is 14.6. The predicted molar refractivity (Wildman–Crippen MR) is 103 cm³/mol. The Morgan fingerprint density at radius 3 is 2.33 bits per heavy atom. The lowest BCUT2D eigenvalue weighted by Gasteiger charge is -2.03. The molecule has 0 aliphatic rings. The van der Waals surface area contributed by atoms with Crippen molar-refractivity contribution in [2.45, 2.75) is 6.92 Å². The van der Waals surface area contributed by atoms with Gasteiger partial charge in [-0.3, -0.25) is 9.59 Å². The first-order chi connectivity index (χ1) is 13.1. The number of anilines is 1. The number of hydrogen-bond acceptors (Lipinski definition) is 4. The van der Waals surface area contributed by atoms with Gasteiger partial charge in [-0.2, -0.15) is 5.26 Å². The fourth-order valence-electron chi connectivity index (χ4n) is 2.47. The van der Waals surface area contributed by atoms with Crippen molar-refractivity contribution in [1.29, 1.82) is 5.26 Å². The van der Waals surface area contributed by atoms with Crippen LogP contribution < -0.4 is 5.32 Å². The van der Waals surface area contributed by atoms with E-state index in [4.69, 9.17) is 4.42 Å². The highest BCUT2D eigenvalue weighted by Gasteiger charge is 2.11. The third kappa shape index (κ3) is 4.39. The Bertz CT molecular complexity index is 1040. The summed E-state index contributed by atoms with van der Waals surface area (Å²) in [4.78, 5) is 23.6. The van der Waals surface area contributed by atoms with E-state index in [1.807, 2.05) is 12.1 Å². The summed E-state index contributed by atoms with van der Waals surface area (Å²) in [5.41, 5.74) is 1.96. The van der Waals surface area contributed by atoms with Gasteiger partial charge in [0.1, 0.15) is 23.2 Å². The first kappa shape index (κ1) is 17.9. The molecule has 1 heterocycles. The molecule has 1 amide bonds. The van der Waals surface area contributed by atoms with E-state index in [1.54, 1.807) is 60.7 Å². The fraction of sp³-hybridized carbons (Fsp3) is 0.0455.